The van der Waals surface area contributed by atoms with Gasteiger partial charge < -0.3 is 4.74 Å². The molecule has 0 spiro atoms. The van der Waals surface area contributed by atoms with Crippen molar-refractivity contribution >= 4 is 16.0 Å². The third-order valence-electron chi connectivity index (χ3n) is 4.61. The largest absolute Gasteiger partial charge is 0.468 e. The Balaban J connectivity index is 2.11. The van der Waals surface area contributed by atoms with Crippen LogP contribution in [0.2, 0.25) is 0 Å². The molecule has 1 aliphatic heterocycles. The zero-order chi connectivity index (χ0) is 18.2. The second-order valence-corrected chi connectivity index (χ2v) is 8.19. The van der Waals surface area contributed by atoms with Crippen molar-refractivity contribution in [2.75, 3.05) is 7.11 Å². The molecule has 2 aromatic rings. The van der Waals surface area contributed by atoms with Crippen LogP contribution in [0.1, 0.15) is 22.3 Å². The highest BCUT2D eigenvalue weighted by Gasteiger charge is 2.40. The van der Waals surface area contributed by atoms with Crippen LogP contribution in [0.15, 0.2) is 47.4 Å². The number of fused-ring (bicyclic) bond motifs is 1. The van der Waals surface area contributed by atoms with Gasteiger partial charge in [0.1, 0.15) is 6.04 Å². The van der Waals surface area contributed by atoms with Gasteiger partial charge in [-0.15, -0.1) is 0 Å². The van der Waals surface area contributed by atoms with E-state index in [1.165, 1.54) is 11.4 Å². The molecule has 0 saturated carbocycles. The number of hydrogen-bond acceptors (Lipinski definition) is 4. The molecule has 0 bridgehead atoms. The molecule has 0 amide bonds. The van der Waals surface area contributed by atoms with E-state index in [0.717, 1.165) is 16.7 Å². The fourth-order valence-electron chi connectivity index (χ4n) is 3.20. The van der Waals surface area contributed by atoms with E-state index in [1.807, 2.05) is 37.3 Å². The van der Waals surface area contributed by atoms with Crippen LogP contribution >= 0.6 is 0 Å². The van der Waals surface area contributed by atoms with Crippen molar-refractivity contribution < 1.29 is 17.9 Å². The van der Waals surface area contributed by atoms with Gasteiger partial charge in [0.25, 0.3) is 0 Å². The lowest BCUT2D eigenvalue weighted by Gasteiger charge is -2.34. The lowest BCUT2D eigenvalue weighted by atomic mass is 9.96. The fraction of sp³-hybridized carbons (Fsp3) is 0.316. The van der Waals surface area contributed by atoms with Crippen molar-refractivity contribution in [1.82, 2.24) is 4.31 Å². The van der Waals surface area contributed by atoms with Gasteiger partial charge in [-0.3, -0.25) is 4.79 Å². The topological polar surface area (TPSA) is 63.7 Å². The Hall–Kier alpha value is -2.18. The first-order valence-electron chi connectivity index (χ1n) is 8.08. The SMILES string of the molecule is COC(=O)[C@H]1Cc2ccccc2CN1S(=O)(=O)c1cc(C)ccc1C. The summed E-state index contributed by atoms with van der Waals surface area (Å²) >= 11 is 0. The van der Waals surface area contributed by atoms with Gasteiger partial charge in [-0.2, -0.15) is 4.31 Å². The highest BCUT2D eigenvalue weighted by atomic mass is 32.2. The normalized spacial score (nSPS) is 17.8. The third kappa shape index (κ3) is 3.19. The van der Waals surface area contributed by atoms with Gasteiger partial charge in [0.05, 0.1) is 12.0 Å². The highest BCUT2D eigenvalue weighted by Crippen LogP contribution is 2.31. The molecule has 25 heavy (non-hydrogen) atoms. The van der Waals surface area contributed by atoms with Gasteiger partial charge in [-0.25, -0.2) is 8.42 Å². The molecule has 132 valence electrons. The van der Waals surface area contributed by atoms with Crippen LogP contribution in [0.5, 0.6) is 0 Å². The van der Waals surface area contributed by atoms with Gasteiger partial charge in [0.2, 0.25) is 10.0 Å². The summed E-state index contributed by atoms with van der Waals surface area (Å²) in [6, 6.07) is 12.0. The molecule has 0 aliphatic carbocycles. The van der Waals surface area contributed by atoms with Crippen molar-refractivity contribution in [1.29, 1.82) is 0 Å². The lowest BCUT2D eigenvalue weighted by Crippen LogP contribution is -2.49. The molecule has 1 atom stereocenters. The first kappa shape index (κ1) is 17.6. The second-order valence-electron chi connectivity index (χ2n) is 6.33. The smallest absolute Gasteiger partial charge is 0.324 e. The van der Waals surface area contributed by atoms with Crippen LogP contribution in [0.25, 0.3) is 0 Å². The van der Waals surface area contributed by atoms with Crippen LogP contribution in [-0.4, -0.2) is 31.8 Å². The Morgan fingerprint density at radius 3 is 2.48 bits per heavy atom. The Kier molecular flexibility index (Phi) is 4.67. The third-order valence-corrected chi connectivity index (χ3v) is 6.61. The molecule has 0 fully saturated rings. The molecular weight excluding hydrogens is 338 g/mol. The minimum absolute atomic E-state index is 0.158. The number of aryl methyl sites for hydroxylation is 2. The monoisotopic (exact) mass is 359 g/mol. The van der Waals surface area contributed by atoms with Crippen LogP contribution in [0, 0.1) is 13.8 Å². The predicted molar refractivity (Wildman–Crippen MR) is 94.6 cm³/mol. The standard InChI is InChI=1S/C19H21NO4S/c1-13-8-9-14(2)18(10-13)25(22,23)20-12-16-7-5-4-6-15(16)11-17(20)19(21)24-3/h4-10,17H,11-12H2,1-3H3/t17-/m1/s1. The average molecular weight is 359 g/mol. The van der Waals surface area contributed by atoms with Crippen LogP contribution in [0.4, 0.5) is 0 Å². The van der Waals surface area contributed by atoms with E-state index in [-0.39, 0.29) is 11.4 Å². The highest BCUT2D eigenvalue weighted by molar-refractivity contribution is 7.89. The molecule has 6 heteroatoms. The van der Waals surface area contributed by atoms with E-state index in [2.05, 4.69) is 0 Å². The van der Waals surface area contributed by atoms with Gasteiger partial charge in [0, 0.05) is 13.0 Å². The second kappa shape index (κ2) is 6.61. The average Bonchev–Trinajstić information content (AvgIpc) is 2.61. The Morgan fingerprint density at radius 2 is 1.80 bits per heavy atom. The van der Waals surface area contributed by atoms with Crippen molar-refractivity contribution in [3.8, 4) is 0 Å². The number of ether oxygens (including phenoxy) is 1. The number of esters is 1. The Morgan fingerprint density at radius 1 is 1.12 bits per heavy atom. The molecule has 0 N–H and O–H groups in total. The van der Waals surface area contributed by atoms with Gasteiger partial charge in [-0.1, -0.05) is 36.4 Å². The Labute approximate surface area is 148 Å². The van der Waals surface area contributed by atoms with E-state index in [1.54, 1.807) is 19.1 Å². The van der Waals surface area contributed by atoms with E-state index in [0.29, 0.717) is 12.0 Å². The summed E-state index contributed by atoms with van der Waals surface area (Å²) in [5, 5.41) is 0. The van der Waals surface area contributed by atoms with E-state index in [9.17, 15) is 13.2 Å². The summed E-state index contributed by atoms with van der Waals surface area (Å²) in [6.45, 7) is 3.77. The first-order chi connectivity index (χ1) is 11.8. The maximum atomic E-state index is 13.3. The summed E-state index contributed by atoms with van der Waals surface area (Å²) in [6.07, 6.45) is 0.312. The summed E-state index contributed by atoms with van der Waals surface area (Å²) in [7, 11) is -2.55. The number of rotatable bonds is 3. The molecule has 5 nitrogen and oxygen atoms in total. The van der Waals surface area contributed by atoms with Gasteiger partial charge >= 0.3 is 5.97 Å². The zero-order valence-electron chi connectivity index (χ0n) is 14.5. The summed E-state index contributed by atoms with van der Waals surface area (Å²) < 4.78 is 32.8. The van der Waals surface area contributed by atoms with Crippen molar-refractivity contribution in [3.63, 3.8) is 0 Å². The number of hydrogen-bond donors (Lipinski definition) is 0. The maximum absolute atomic E-state index is 13.3. The van der Waals surface area contributed by atoms with Crippen LogP contribution in [0.3, 0.4) is 0 Å². The van der Waals surface area contributed by atoms with Crippen molar-refractivity contribution in [2.45, 2.75) is 37.8 Å². The first-order valence-corrected chi connectivity index (χ1v) is 9.52. The number of carbonyl (C=O) groups is 1. The molecule has 1 aliphatic rings. The lowest BCUT2D eigenvalue weighted by molar-refractivity contribution is -0.145. The quantitative estimate of drug-likeness (QED) is 0.790. The molecule has 0 unspecified atom stereocenters. The molecule has 2 aromatic carbocycles. The van der Waals surface area contributed by atoms with Crippen LogP contribution < -0.4 is 0 Å². The summed E-state index contributed by atoms with van der Waals surface area (Å²) in [4.78, 5) is 12.5. The molecule has 1 heterocycles. The van der Waals surface area contributed by atoms with Crippen molar-refractivity contribution in [2.24, 2.45) is 0 Å². The molecule has 0 saturated heterocycles. The van der Waals surface area contributed by atoms with E-state index < -0.39 is 22.0 Å². The minimum Gasteiger partial charge on any atom is -0.468 e. The molecule has 0 aromatic heterocycles. The number of sulfonamides is 1. The number of benzene rings is 2. The maximum Gasteiger partial charge on any atom is 0.324 e. The number of nitrogens with zero attached hydrogens (tertiary/aromatic N) is 1. The van der Waals surface area contributed by atoms with Crippen LogP contribution in [-0.2, 0) is 32.5 Å². The van der Waals surface area contributed by atoms with Gasteiger partial charge in [-0.05, 0) is 42.2 Å². The number of carbonyl (C=O) groups excluding carboxylic acids is 1. The van der Waals surface area contributed by atoms with E-state index in [4.69, 9.17) is 4.74 Å². The molecule has 3 rings (SSSR count). The fourth-order valence-corrected chi connectivity index (χ4v) is 5.07. The number of methoxy groups -OCH3 is 1. The molecular formula is C19H21NO4S. The predicted octanol–water partition coefficient (Wildman–Crippen LogP) is 2.59. The summed E-state index contributed by atoms with van der Waals surface area (Å²) in [5.41, 5.74) is 3.41. The Bertz CT molecular complexity index is 921. The van der Waals surface area contributed by atoms with E-state index >= 15 is 0 Å². The zero-order valence-corrected chi connectivity index (χ0v) is 15.3. The van der Waals surface area contributed by atoms with Gasteiger partial charge in [0.15, 0.2) is 0 Å². The molecule has 0 radical (unpaired) electrons. The summed E-state index contributed by atoms with van der Waals surface area (Å²) in [5.74, 6) is -0.539. The minimum atomic E-state index is -3.83. The van der Waals surface area contributed by atoms with Crippen molar-refractivity contribution in [3.05, 3.63) is 64.7 Å².